The Hall–Kier alpha value is -1.74. The second-order valence-electron chi connectivity index (χ2n) is 3.22. The zero-order valence-electron chi connectivity index (χ0n) is 8.87. The molecule has 0 aliphatic rings. The van der Waals surface area contributed by atoms with E-state index in [1.165, 1.54) is 23.5 Å². The zero-order chi connectivity index (χ0) is 13.1. The molecule has 1 heterocycles. The van der Waals surface area contributed by atoms with Gasteiger partial charge in [-0.15, -0.1) is 10.2 Å². The number of nitrogens with two attached hydrogens (primary N) is 1. The van der Waals surface area contributed by atoms with Crippen molar-refractivity contribution in [1.82, 2.24) is 10.2 Å². The summed E-state index contributed by atoms with van der Waals surface area (Å²) in [5.74, 6) is 0.379. The maximum Gasteiger partial charge on any atom is 0.274 e. The molecule has 7 nitrogen and oxygen atoms in total. The van der Waals surface area contributed by atoms with Gasteiger partial charge in [0.2, 0.25) is 5.13 Å². The van der Waals surface area contributed by atoms with Crippen molar-refractivity contribution in [2.75, 3.05) is 5.73 Å². The normalized spacial score (nSPS) is 10.3. The van der Waals surface area contributed by atoms with Gasteiger partial charge in [-0.25, -0.2) is 0 Å². The maximum atomic E-state index is 10.7. The van der Waals surface area contributed by atoms with Crippen LogP contribution in [-0.4, -0.2) is 15.1 Å². The summed E-state index contributed by atoms with van der Waals surface area (Å²) in [6.45, 7) is 0.169. The summed E-state index contributed by atoms with van der Waals surface area (Å²) in [4.78, 5) is 10.2. The fourth-order valence-corrected chi connectivity index (χ4v) is 2.19. The van der Waals surface area contributed by atoms with Gasteiger partial charge in [-0.05, 0) is 6.07 Å². The van der Waals surface area contributed by atoms with Crippen LogP contribution in [0.1, 0.15) is 5.01 Å². The van der Waals surface area contributed by atoms with E-state index in [1.54, 1.807) is 6.07 Å². The number of nitro groups is 1. The number of rotatable bonds is 4. The van der Waals surface area contributed by atoms with E-state index in [-0.39, 0.29) is 12.3 Å². The van der Waals surface area contributed by atoms with Gasteiger partial charge in [0.15, 0.2) is 5.01 Å². The minimum atomic E-state index is -0.486. The molecule has 2 N–H and O–H groups in total. The number of hydrogen-bond donors (Lipinski definition) is 1. The summed E-state index contributed by atoms with van der Waals surface area (Å²) in [6, 6.07) is 4.38. The highest BCUT2D eigenvalue weighted by molar-refractivity contribution is 9.10. The van der Waals surface area contributed by atoms with Crippen LogP contribution in [-0.2, 0) is 6.61 Å². The van der Waals surface area contributed by atoms with Crippen molar-refractivity contribution in [3.8, 4) is 5.75 Å². The Balaban J connectivity index is 2.11. The van der Waals surface area contributed by atoms with Gasteiger partial charge in [-0.3, -0.25) is 10.1 Å². The van der Waals surface area contributed by atoms with Gasteiger partial charge in [0.25, 0.3) is 5.69 Å². The van der Waals surface area contributed by atoms with E-state index >= 15 is 0 Å². The second-order valence-corrected chi connectivity index (χ2v) is 5.23. The lowest BCUT2D eigenvalue weighted by Gasteiger charge is -2.04. The third-order valence-corrected chi connectivity index (χ3v) is 3.10. The fraction of sp³-hybridized carbons (Fsp3) is 0.111. The first-order valence-electron chi connectivity index (χ1n) is 4.70. The standard InChI is InChI=1S/C9H7BrN4O3S/c10-5-1-6(14(15)16)3-7(2-5)17-4-8-12-13-9(11)18-8/h1-3H,4H2,(H2,11,13). The first kappa shape index (κ1) is 12.7. The van der Waals surface area contributed by atoms with Crippen molar-refractivity contribution >= 4 is 38.1 Å². The van der Waals surface area contributed by atoms with Crippen LogP contribution in [0.15, 0.2) is 22.7 Å². The van der Waals surface area contributed by atoms with Crippen LogP contribution in [0.3, 0.4) is 0 Å². The van der Waals surface area contributed by atoms with Crippen LogP contribution < -0.4 is 10.5 Å². The number of nitrogens with zero attached hydrogens (tertiary/aromatic N) is 3. The summed E-state index contributed by atoms with van der Waals surface area (Å²) in [5.41, 5.74) is 5.38. The van der Waals surface area contributed by atoms with E-state index in [9.17, 15) is 10.1 Å². The number of anilines is 1. The summed E-state index contributed by atoms with van der Waals surface area (Å²) >= 11 is 4.39. The minimum absolute atomic E-state index is 0.0452. The van der Waals surface area contributed by atoms with Crippen molar-refractivity contribution in [2.45, 2.75) is 6.61 Å². The van der Waals surface area contributed by atoms with E-state index in [0.717, 1.165) is 0 Å². The first-order chi connectivity index (χ1) is 8.54. The molecule has 9 heteroatoms. The summed E-state index contributed by atoms with van der Waals surface area (Å²) in [6.07, 6.45) is 0. The molecule has 0 atom stereocenters. The topological polar surface area (TPSA) is 104 Å². The van der Waals surface area contributed by atoms with E-state index in [1.807, 2.05) is 0 Å². The van der Waals surface area contributed by atoms with E-state index in [2.05, 4.69) is 26.1 Å². The molecule has 0 radical (unpaired) electrons. The summed E-state index contributed by atoms with van der Waals surface area (Å²) < 4.78 is 5.97. The number of nitrogen functional groups attached to an aromatic ring is 1. The van der Waals surface area contributed by atoms with Crippen LogP contribution in [0, 0.1) is 10.1 Å². The van der Waals surface area contributed by atoms with Crippen LogP contribution in [0.2, 0.25) is 0 Å². The Morgan fingerprint density at radius 1 is 1.44 bits per heavy atom. The number of ether oxygens (including phenoxy) is 1. The zero-order valence-corrected chi connectivity index (χ0v) is 11.3. The second kappa shape index (κ2) is 5.27. The number of halogens is 1. The highest BCUT2D eigenvalue weighted by atomic mass is 79.9. The van der Waals surface area contributed by atoms with Crippen molar-refractivity contribution in [2.24, 2.45) is 0 Å². The highest BCUT2D eigenvalue weighted by Crippen LogP contribution is 2.27. The lowest BCUT2D eigenvalue weighted by atomic mass is 10.3. The molecule has 0 aliphatic carbocycles. The SMILES string of the molecule is Nc1nnc(COc2cc(Br)cc([N+](=O)[O-])c2)s1. The molecule has 2 rings (SSSR count). The summed E-state index contributed by atoms with van der Waals surface area (Å²) in [5, 5.41) is 19.1. The molecule has 0 fully saturated rings. The van der Waals surface area contributed by atoms with Gasteiger partial charge >= 0.3 is 0 Å². The highest BCUT2D eigenvalue weighted by Gasteiger charge is 2.10. The molecule has 1 aromatic heterocycles. The van der Waals surface area contributed by atoms with E-state index in [0.29, 0.717) is 20.4 Å². The number of nitro benzene ring substituents is 1. The predicted molar refractivity (Wildman–Crippen MR) is 69.4 cm³/mol. The molecule has 0 unspecified atom stereocenters. The van der Waals surface area contributed by atoms with Crippen molar-refractivity contribution in [3.05, 3.63) is 37.8 Å². The predicted octanol–water partition coefficient (Wildman–Crippen LogP) is 2.37. The molecule has 0 saturated heterocycles. The Bertz CT molecular complexity index is 589. The fourth-order valence-electron chi connectivity index (χ4n) is 1.21. The molecule has 0 amide bonds. The smallest absolute Gasteiger partial charge is 0.274 e. The summed E-state index contributed by atoms with van der Waals surface area (Å²) in [7, 11) is 0. The van der Waals surface area contributed by atoms with E-state index in [4.69, 9.17) is 10.5 Å². The lowest BCUT2D eigenvalue weighted by Crippen LogP contribution is -1.96. The number of aromatic nitrogens is 2. The van der Waals surface area contributed by atoms with Crippen LogP contribution >= 0.6 is 27.3 Å². The first-order valence-corrected chi connectivity index (χ1v) is 6.31. The van der Waals surface area contributed by atoms with Gasteiger partial charge in [-0.1, -0.05) is 27.3 Å². The molecule has 0 spiro atoms. The average Bonchev–Trinajstić information content (AvgIpc) is 2.72. The molecular weight excluding hydrogens is 324 g/mol. The third kappa shape index (κ3) is 3.14. The Morgan fingerprint density at radius 3 is 2.83 bits per heavy atom. The molecule has 0 bridgehead atoms. The third-order valence-electron chi connectivity index (χ3n) is 1.91. The number of hydrogen-bond acceptors (Lipinski definition) is 7. The van der Waals surface area contributed by atoms with Crippen molar-refractivity contribution < 1.29 is 9.66 Å². The number of benzene rings is 1. The Labute approximate surface area is 114 Å². The van der Waals surface area contributed by atoms with Crippen LogP contribution in [0.4, 0.5) is 10.8 Å². The van der Waals surface area contributed by atoms with Crippen molar-refractivity contribution in [1.29, 1.82) is 0 Å². The Kier molecular flexibility index (Phi) is 3.72. The molecule has 18 heavy (non-hydrogen) atoms. The maximum absolute atomic E-state index is 10.7. The van der Waals surface area contributed by atoms with Crippen molar-refractivity contribution in [3.63, 3.8) is 0 Å². The lowest BCUT2D eigenvalue weighted by molar-refractivity contribution is -0.385. The van der Waals surface area contributed by atoms with Gasteiger partial charge < -0.3 is 10.5 Å². The van der Waals surface area contributed by atoms with Gasteiger partial charge in [-0.2, -0.15) is 0 Å². The molecule has 0 saturated carbocycles. The Morgan fingerprint density at radius 2 is 2.22 bits per heavy atom. The largest absolute Gasteiger partial charge is 0.486 e. The van der Waals surface area contributed by atoms with Gasteiger partial charge in [0, 0.05) is 10.5 Å². The van der Waals surface area contributed by atoms with Gasteiger partial charge in [0.1, 0.15) is 12.4 Å². The van der Waals surface area contributed by atoms with Crippen LogP contribution in [0.5, 0.6) is 5.75 Å². The molecule has 1 aromatic carbocycles. The molecule has 94 valence electrons. The average molecular weight is 331 g/mol. The molecular formula is C9H7BrN4O3S. The quantitative estimate of drug-likeness (QED) is 0.681. The minimum Gasteiger partial charge on any atom is -0.486 e. The van der Waals surface area contributed by atoms with E-state index < -0.39 is 4.92 Å². The number of non-ortho nitro benzene ring substituents is 1. The monoisotopic (exact) mass is 330 g/mol. The van der Waals surface area contributed by atoms with Crippen LogP contribution in [0.25, 0.3) is 0 Å². The van der Waals surface area contributed by atoms with Gasteiger partial charge in [0.05, 0.1) is 11.0 Å². The molecule has 0 aliphatic heterocycles. The molecule has 2 aromatic rings.